The fourth-order valence-corrected chi connectivity index (χ4v) is 4.31. The van der Waals surface area contributed by atoms with E-state index in [-0.39, 0.29) is 0 Å². The molecule has 0 aliphatic rings. The van der Waals surface area contributed by atoms with Crippen molar-refractivity contribution in [2.75, 3.05) is 0 Å². The number of hydrogen-bond donors (Lipinski definition) is 0. The number of carbonyl (C=O) groups is 1. The van der Waals surface area contributed by atoms with Gasteiger partial charge in [0.2, 0.25) is 0 Å². The average molecular weight is 482 g/mol. The number of thiazole rings is 1. The van der Waals surface area contributed by atoms with Gasteiger partial charge in [-0.1, -0.05) is 60.7 Å². The lowest BCUT2D eigenvalue weighted by atomic mass is 10.2. The number of aromatic nitrogens is 1. The molecule has 0 spiro atoms. The summed E-state index contributed by atoms with van der Waals surface area (Å²) in [5.41, 5.74) is 1.72. The molecule has 4 nitrogen and oxygen atoms in total. The molecular formula is C26H22F3N3OS. The normalized spacial score (nSPS) is 12.1. The number of amides is 2. The van der Waals surface area contributed by atoms with Gasteiger partial charge in [-0.2, -0.15) is 18.2 Å². The van der Waals surface area contributed by atoms with Crippen LogP contribution in [0.5, 0.6) is 0 Å². The Morgan fingerprint density at radius 1 is 0.882 bits per heavy atom. The molecule has 0 aliphatic heterocycles. The Morgan fingerprint density at radius 2 is 1.41 bits per heavy atom. The van der Waals surface area contributed by atoms with E-state index in [2.05, 4.69) is 4.99 Å². The molecule has 0 aliphatic carbocycles. The number of rotatable bonds is 5. The first-order valence-corrected chi connectivity index (χ1v) is 11.4. The number of aryl methyl sites for hydroxylation is 1. The lowest BCUT2D eigenvalue weighted by Gasteiger charge is -2.20. The van der Waals surface area contributed by atoms with Gasteiger partial charge in [-0.15, -0.1) is 11.3 Å². The van der Waals surface area contributed by atoms with Crippen LogP contribution in [0.25, 0.3) is 5.69 Å². The maximum absolute atomic E-state index is 13.3. The third-order valence-corrected chi connectivity index (χ3v) is 6.03. The molecule has 3 aromatic carbocycles. The van der Waals surface area contributed by atoms with E-state index >= 15 is 0 Å². The van der Waals surface area contributed by atoms with Gasteiger partial charge < -0.3 is 4.90 Å². The highest BCUT2D eigenvalue weighted by Gasteiger charge is 2.30. The van der Waals surface area contributed by atoms with Gasteiger partial charge in [0.25, 0.3) is 0 Å². The largest absolute Gasteiger partial charge is 0.416 e. The quantitative estimate of drug-likeness (QED) is 0.317. The van der Waals surface area contributed by atoms with Gasteiger partial charge in [0.05, 0.1) is 5.56 Å². The van der Waals surface area contributed by atoms with E-state index in [1.807, 2.05) is 67.6 Å². The number of nitrogens with zero attached hydrogens (tertiary/aromatic N) is 3. The van der Waals surface area contributed by atoms with Gasteiger partial charge in [-0.25, -0.2) is 4.79 Å². The molecule has 1 heterocycles. The molecule has 0 fully saturated rings. The minimum atomic E-state index is -4.41. The standard InChI is InChI=1S/C26H22F3N3OS/c1-19-16-32(23-14-12-22(13-15-23)26(27,28)29)25(34-19)30-24(33)31(17-20-8-4-2-5-9-20)18-21-10-6-3-7-11-21/h2-16H,17-18H2,1H3/b30-25-. The van der Waals surface area contributed by atoms with E-state index in [1.54, 1.807) is 15.7 Å². The fourth-order valence-electron chi connectivity index (χ4n) is 3.48. The Labute approximate surface area is 199 Å². The Kier molecular flexibility index (Phi) is 6.98. The van der Waals surface area contributed by atoms with Crippen molar-refractivity contribution in [3.63, 3.8) is 0 Å². The highest BCUT2D eigenvalue weighted by molar-refractivity contribution is 7.09. The molecule has 0 saturated heterocycles. The Bertz CT molecular complexity index is 1270. The molecule has 0 saturated carbocycles. The predicted molar refractivity (Wildman–Crippen MR) is 126 cm³/mol. The Balaban J connectivity index is 1.67. The molecule has 0 atom stereocenters. The van der Waals surface area contributed by atoms with Crippen LogP contribution in [0.4, 0.5) is 18.0 Å². The first kappa shape index (κ1) is 23.5. The van der Waals surface area contributed by atoms with Crippen molar-refractivity contribution < 1.29 is 18.0 Å². The molecule has 4 rings (SSSR count). The van der Waals surface area contributed by atoms with Crippen LogP contribution in [-0.4, -0.2) is 15.5 Å². The van der Waals surface area contributed by atoms with E-state index in [0.717, 1.165) is 28.1 Å². The molecule has 8 heteroatoms. The molecule has 0 unspecified atom stereocenters. The van der Waals surface area contributed by atoms with Crippen LogP contribution >= 0.6 is 11.3 Å². The maximum Gasteiger partial charge on any atom is 0.416 e. The number of hydrogen-bond acceptors (Lipinski definition) is 2. The van der Waals surface area contributed by atoms with Crippen molar-refractivity contribution in [2.45, 2.75) is 26.2 Å². The molecule has 0 N–H and O–H groups in total. The third kappa shape index (κ3) is 5.82. The predicted octanol–water partition coefficient (Wildman–Crippen LogP) is 6.59. The summed E-state index contributed by atoms with van der Waals surface area (Å²) in [5, 5.41) is 0. The molecule has 0 bridgehead atoms. The number of halogens is 3. The maximum atomic E-state index is 13.3. The van der Waals surface area contributed by atoms with Gasteiger partial charge in [0, 0.05) is 29.9 Å². The number of alkyl halides is 3. The van der Waals surface area contributed by atoms with Crippen molar-refractivity contribution in [3.8, 4) is 5.69 Å². The van der Waals surface area contributed by atoms with Crippen LogP contribution < -0.4 is 4.80 Å². The van der Waals surface area contributed by atoms with E-state index in [0.29, 0.717) is 23.6 Å². The van der Waals surface area contributed by atoms with Gasteiger partial charge in [-0.3, -0.25) is 4.57 Å². The fraction of sp³-hybridized carbons (Fsp3) is 0.154. The van der Waals surface area contributed by atoms with Gasteiger partial charge >= 0.3 is 12.2 Å². The van der Waals surface area contributed by atoms with Gasteiger partial charge in [0.15, 0.2) is 4.80 Å². The SMILES string of the molecule is Cc1cn(-c2ccc(C(F)(F)F)cc2)/c(=N/C(=O)N(Cc2ccccc2)Cc2ccccc2)s1. The highest BCUT2D eigenvalue weighted by atomic mass is 32.1. The van der Waals surface area contributed by atoms with Crippen molar-refractivity contribution in [3.05, 3.63) is 117 Å². The second kappa shape index (κ2) is 10.1. The summed E-state index contributed by atoms with van der Waals surface area (Å²) in [5.74, 6) is 0. The van der Waals surface area contributed by atoms with Crippen LogP contribution in [-0.2, 0) is 19.3 Å². The minimum Gasteiger partial charge on any atom is -0.314 e. The summed E-state index contributed by atoms with van der Waals surface area (Å²) in [6.45, 7) is 2.62. The molecule has 4 aromatic rings. The first-order chi connectivity index (χ1) is 16.3. The average Bonchev–Trinajstić information content (AvgIpc) is 3.19. The monoisotopic (exact) mass is 481 g/mol. The number of carbonyl (C=O) groups excluding carboxylic acids is 1. The second-order valence-corrected chi connectivity index (χ2v) is 8.97. The molecule has 1 aromatic heterocycles. The van der Waals surface area contributed by atoms with E-state index in [1.165, 1.54) is 23.5 Å². The highest BCUT2D eigenvalue weighted by Crippen LogP contribution is 2.29. The number of benzene rings is 3. The van der Waals surface area contributed by atoms with Crippen molar-refractivity contribution in [2.24, 2.45) is 4.99 Å². The zero-order valence-electron chi connectivity index (χ0n) is 18.4. The zero-order chi connectivity index (χ0) is 24.1. The van der Waals surface area contributed by atoms with Gasteiger partial charge in [0.1, 0.15) is 0 Å². The van der Waals surface area contributed by atoms with Crippen molar-refractivity contribution in [1.82, 2.24) is 9.47 Å². The summed E-state index contributed by atoms with van der Waals surface area (Å²) in [6.07, 6.45) is -2.65. The first-order valence-electron chi connectivity index (χ1n) is 10.6. The van der Waals surface area contributed by atoms with Crippen molar-refractivity contribution in [1.29, 1.82) is 0 Å². The van der Waals surface area contributed by atoms with Crippen LogP contribution in [0.3, 0.4) is 0 Å². The third-order valence-electron chi connectivity index (χ3n) is 5.14. The Morgan fingerprint density at radius 3 is 1.91 bits per heavy atom. The minimum absolute atomic E-state index is 0.378. The Hall–Kier alpha value is -3.65. The second-order valence-electron chi connectivity index (χ2n) is 7.76. The van der Waals surface area contributed by atoms with E-state index < -0.39 is 17.8 Å². The molecule has 34 heavy (non-hydrogen) atoms. The smallest absolute Gasteiger partial charge is 0.314 e. The summed E-state index contributed by atoms with van der Waals surface area (Å²) < 4.78 is 40.5. The van der Waals surface area contributed by atoms with Crippen molar-refractivity contribution >= 4 is 17.4 Å². The summed E-state index contributed by atoms with van der Waals surface area (Å²) in [7, 11) is 0. The van der Waals surface area contributed by atoms with E-state index in [4.69, 9.17) is 0 Å². The lowest BCUT2D eigenvalue weighted by Crippen LogP contribution is -2.29. The van der Waals surface area contributed by atoms with Gasteiger partial charge in [-0.05, 0) is 42.3 Å². The summed E-state index contributed by atoms with van der Waals surface area (Å²) >= 11 is 1.30. The van der Waals surface area contributed by atoms with Crippen LogP contribution in [0.15, 0.2) is 96.1 Å². The lowest BCUT2D eigenvalue weighted by molar-refractivity contribution is -0.137. The van der Waals surface area contributed by atoms with Crippen LogP contribution in [0.2, 0.25) is 0 Å². The molecule has 0 radical (unpaired) electrons. The summed E-state index contributed by atoms with van der Waals surface area (Å²) in [6, 6.07) is 23.7. The zero-order valence-corrected chi connectivity index (χ0v) is 19.2. The molecular weight excluding hydrogens is 459 g/mol. The van der Waals surface area contributed by atoms with Crippen LogP contribution in [0, 0.1) is 6.92 Å². The molecule has 2 amide bonds. The van der Waals surface area contributed by atoms with E-state index in [9.17, 15) is 18.0 Å². The molecule has 174 valence electrons. The van der Waals surface area contributed by atoms with Crippen LogP contribution in [0.1, 0.15) is 21.6 Å². The summed E-state index contributed by atoms with van der Waals surface area (Å²) in [4.78, 5) is 20.6. The number of urea groups is 1. The topological polar surface area (TPSA) is 37.6 Å².